The molecule has 1 fully saturated rings. The summed E-state index contributed by atoms with van der Waals surface area (Å²) in [7, 11) is 0. The minimum Gasteiger partial charge on any atom is -0.432 e. The molecule has 0 radical (unpaired) electrons. The van der Waals surface area contributed by atoms with Gasteiger partial charge >= 0.3 is 5.97 Å². The molecular weight excluding hydrogens is 244 g/mol. The van der Waals surface area contributed by atoms with Crippen LogP contribution in [0, 0.1) is 5.92 Å². The number of carbonyl (C=O) groups excluding carboxylic acids is 1. The van der Waals surface area contributed by atoms with E-state index in [9.17, 15) is 4.79 Å². The van der Waals surface area contributed by atoms with Crippen molar-refractivity contribution in [1.82, 2.24) is 0 Å². The first-order chi connectivity index (χ1) is 8.98. The molecule has 1 aliphatic rings. The molecule has 1 aliphatic heterocycles. The van der Waals surface area contributed by atoms with Crippen LogP contribution in [0.15, 0.2) is 30.3 Å². The molecule has 0 unspecified atom stereocenters. The van der Waals surface area contributed by atoms with E-state index in [0.29, 0.717) is 13.2 Å². The Morgan fingerprint density at radius 3 is 2.58 bits per heavy atom. The van der Waals surface area contributed by atoms with Crippen LogP contribution in [0.4, 0.5) is 0 Å². The topological polar surface area (TPSA) is 44.8 Å². The standard InChI is InChI=1S/C15H20O4/c1-11(13-14(16)19-15(2,3)18-13)9-17-10-12-7-5-4-6-8-12/h4-8,11,13H,9-10H2,1-3H3/t11-,13+/m1/s1. The van der Waals surface area contributed by atoms with Crippen molar-refractivity contribution < 1.29 is 19.0 Å². The molecule has 1 aromatic rings. The van der Waals surface area contributed by atoms with E-state index in [1.54, 1.807) is 13.8 Å². The fourth-order valence-electron chi connectivity index (χ4n) is 2.05. The number of hydrogen-bond acceptors (Lipinski definition) is 4. The zero-order chi connectivity index (χ0) is 13.9. The van der Waals surface area contributed by atoms with Gasteiger partial charge in [-0.25, -0.2) is 4.79 Å². The van der Waals surface area contributed by atoms with Crippen molar-refractivity contribution in [3.8, 4) is 0 Å². The van der Waals surface area contributed by atoms with E-state index in [-0.39, 0.29) is 11.9 Å². The van der Waals surface area contributed by atoms with Crippen LogP contribution >= 0.6 is 0 Å². The van der Waals surface area contributed by atoms with Gasteiger partial charge in [0.1, 0.15) is 0 Å². The first kappa shape index (κ1) is 14.0. The molecular formula is C15H20O4. The highest BCUT2D eigenvalue weighted by Crippen LogP contribution is 2.28. The van der Waals surface area contributed by atoms with Gasteiger partial charge in [0.05, 0.1) is 13.2 Å². The predicted octanol–water partition coefficient (Wildman–Crippen LogP) is 2.52. The van der Waals surface area contributed by atoms with Gasteiger partial charge in [0.15, 0.2) is 6.10 Å². The zero-order valence-electron chi connectivity index (χ0n) is 11.6. The summed E-state index contributed by atoms with van der Waals surface area (Å²) in [6.07, 6.45) is -0.536. The molecule has 104 valence electrons. The molecule has 1 heterocycles. The summed E-state index contributed by atoms with van der Waals surface area (Å²) in [5, 5.41) is 0. The van der Waals surface area contributed by atoms with Crippen LogP contribution in [0.25, 0.3) is 0 Å². The molecule has 0 aromatic heterocycles. The minimum atomic E-state index is -0.824. The van der Waals surface area contributed by atoms with Crippen LogP contribution in [0.1, 0.15) is 26.3 Å². The highest BCUT2D eigenvalue weighted by molar-refractivity contribution is 5.77. The number of benzene rings is 1. The Hall–Kier alpha value is -1.39. The fourth-order valence-corrected chi connectivity index (χ4v) is 2.05. The summed E-state index contributed by atoms with van der Waals surface area (Å²) < 4.78 is 16.3. The lowest BCUT2D eigenvalue weighted by Gasteiger charge is -2.18. The lowest BCUT2D eigenvalue weighted by atomic mass is 10.1. The van der Waals surface area contributed by atoms with Crippen LogP contribution in [0.2, 0.25) is 0 Å². The monoisotopic (exact) mass is 264 g/mol. The van der Waals surface area contributed by atoms with Gasteiger partial charge in [-0.05, 0) is 5.56 Å². The van der Waals surface area contributed by atoms with Crippen molar-refractivity contribution >= 4 is 5.97 Å². The Balaban J connectivity index is 1.79. The van der Waals surface area contributed by atoms with Gasteiger partial charge in [-0.15, -0.1) is 0 Å². The van der Waals surface area contributed by atoms with Crippen molar-refractivity contribution in [3.05, 3.63) is 35.9 Å². The summed E-state index contributed by atoms with van der Waals surface area (Å²) >= 11 is 0. The third-order valence-corrected chi connectivity index (χ3v) is 3.00. The second-order valence-electron chi connectivity index (χ2n) is 5.34. The average Bonchev–Trinajstić information content (AvgIpc) is 2.64. The van der Waals surface area contributed by atoms with Crippen LogP contribution < -0.4 is 0 Å². The van der Waals surface area contributed by atoms with Crippen molar-refractivity contribution in [3.63, 3.8) is 0 Å². The first-order valence-electron chi connectivity index (χ1n) is 6.50. The fraction of sp³-hybridized carbons (Fsp3) is 0.533. The van der Waals surface area contributed by atoms with Crippen LogP contribution in [0.5, 0.6) is 0 Å². The SMILES string of the molecule is C[C@H](COCc1ccccc1)[C@@H]1OC(C)(C)OC1=O. The van der Waals surface area contributed by atoms with Crippen molar-refractivity contribution in [2.24, 2.45) is 5.92 Å². The second kappa shape index (κ2) is 5.72. The van der Waals surface area contributed by atoms with Crippen LogP contribution in [-0.2, 0) is 25.6 Å². The van der Waals surface area contributed by atoms with E-state index in [4.69, 9.17) is 14.2 Å². The number of rotatable bonds is 5. The summed E-state index contributed by atoms with van der Waals surface area (Å²) in [6, 6.07) is 9.93. The zero-order valence-corrected chi connectivity index (χ0v) is 11.6. The summed E-state index contributed by atoms with van der Waals surface area (Å²) in [5.74, 6) is -1.16. The lowest BCUT2D eigenvalue weighted by Crippen LogP contribution is -2.29. The minimum absolute atomic E-state index is 0.0296. The molecule has 19 heavy (non-hydrogen) atoms. The Morgan fingerprint density at radius 2 is 2.00 bits per heavy atom. The third-order valence-electron chi connectivity index (χ3n) is 3.00. The predicted molar refractivity (Wildman–Crippen MR) is 70.3 cm³/mol. The molecule has 4 nitrogen and oxygen atoms in total. The largest absolute Gasteiger partial charge is 0.432 e. The Bertz CT molecular complexity index is 427. The Kier molecular flexibility index (Phi) is 4.22. The number of esters is 1. The van der Waals surface area contributed by atoms with E-state index in [1.165, 1.54) is 0 Å². The maximum atomic E-state index is 11.7. The van der Waals surface area contributed by atoms with E-state index in [2.05, 4.69) is 0 Å². The quantitative estimate of drug-likeness (QED) is 0.767. The lowest BCUT2D eigenvalue weighted by molar-refractivity contribution is -0.162. The molecule has 0 aliphatic carbocycles. The molecule has 1 saturated heterocycles. The Labute approximate surface area is 113 Å². The summed E-state index contributed by atoms with van der Waals surface area (Å²) in [6.45, 7) is 6.41. The van der Waals surface area contributed by atoms with Gasteiger partial charge in [0.2, 0.25) is 5.79 Å². The van der Waals surface area contributed by atoms with Crippen LogP contribution in [0.3, 0.4) is 0 Å². The molecule has 0 amide bonds. The number of carbonyl (C=O) groups is 1. The molecule has 0 spiro atoms. The van der Waals surface area contributed by atoms with E-state index < -0.39 is 11.9 Å². The van der Waals surface area contributed by atoms with Gasteiger partial charge in [0.25, 0.3) is 0 Å². The molecule has 0 saturated carbocycles. The normalized spacial score (nSPS) is 23.1. The average molecular weight is 264 g/mol. The molecule has 2 atom stereocenters. The van der Waals surface area contributed by atoms with Gasteiger partial charge in [0, 0.05) is 19.8 Å². The Morgan fingerprint density at radius 1 is 1.32 bits per heavy atom. The van der Waals surface area contributed by atoms with Gasteiger partial charge < -0.3 is 14.2 Å². The van der Waals surface area contributed by atoms with Crippen molar-refractivity contribution in [2.75, 3.05) is 6.61 Å². The van der Waals surface area contributed by atoms with Gasteiger partial charge in [-0.1, -0.05) is 37.3 Å². The maximum Gasteiger partial charge on any atom is 0.338 e. The highest BCUT2D eigenvalue weighted by Gasteiger charge is 2.43. The van der Waals surface area contributed by atoms with E-state index in [0.717, 1.165) is 5.56 Å². The molecule has 4 heteroatoms. The van der Waals surface area contributed by atoms with E-state index in [1.807, 2.05) is 37.3 Å². The molecule has 1 aromatic carbocycles. The first-order valence-corrected chi connectivity index (χ1v) is 6.50. The summed E-state index contributed by atoms with van der Waals surface area (Å²) in [5.41, 5.74) is 1.12. The highest BCUT2D eigenvalue weighted by atomic mass is 16.8. The van der Waals surface area contributed by atoms with Gasteiger partial charge in [-0.3, -0.25) is 0 Å². The van der Waals surface area contributed by atoms with Gasteiger partial charge in [-0.2, -0.15) is 0 Å². The molecule has 0 N–H and O–H groups in total. The third kappa shape index (κ3) is 3.78. The second-order valence-corrected chi connectivity index (χ2v) is 5.34. The number of cyclic esters (lactones) is 1. The molecule has 2 rings (SSSR count). The molecule has 0 bridgehead atoms. The van der Waals surface area contributed by atoms with E-state index >= 15 is 0 Å². The van der Waals surface area contributed by atoms with Crippen molar-refractivity contribution in [1.29, 1.82) is 0 Å². The van der Waals surface area contributed by atoms with Crippen LogP contribution in [-0.4, -0.2) is 24.5 Å². The number of hydrogen-bond donors (Lipinski definition) is 0. The maximum absolute atomic E-state index is 11.7. The smallest absolute Gasteiger partial charge is 0.338 e. The number of ether oxygens (including phenoxy) is 3. The van der Waals surface area contributed by atoms with Crippen molar-refractivity contribution in [2.45, 2.75) is 39.3 Å². The summed E-state index contributed by atoms with van der Waals surface area (Å²) in [4.78, 5) is 11.7.